The average Bonchev–Trinajstić information content (AvgIpc) is 2.36. The van der Waals surface area contributed by atoms with Crippen molar-refractivity contribution in [3.05, 3.63) is 29.3 Å². The van der Waals surface area contributed by atoms with Crippen molar-refractivity contribution in [3.8, 4) is 0 Å². The highest BCUT2D eigenvalue weighted by molar-refractivity contribution is 6.29. The lowest BCUT2D eigenvalue weighted by atomic mass is 9.84. The van der Waals surface area contributed by atoms with Crippen molar-refractivity contribution >= 4 is 29.2 Å². The normalized spacial score (nSPS) is 11.0. The molecule has 0 heterocycles. The minimum Gasteiger partial charge on any atom is -0.465 e. The van der Waals surface area contributed by atoms with Gasteiger partial charge >= 0.3 is 5.97 Å². The lowest BCUT2D eigenvalue weighted by molar-refractivity contribution is -0.113. The van der Waals surface area contributed by atoms with Crippen LogP contribution in [0.3, 0.4) is 0 Å². The summed E-state index contributed by atoms with van der Waals surface area (Å²) in [4.78, 5) is 23.3. The van der Waals surface area contributed by atoms with Crippen molar-refractivity contribution in [3.63, 3.8) is 0 Å². The van der Waals surface area contributed by atoms with E-state index < -0.39 is 5.97 Å². The molecule has 0 spiro atoms. The van der Waals surface area contributed by atoms with Crippen molar-refractivity contribution in [1.29, 1.82) is 0 Å². The molecule has 5 heteroatoms. The zero-order valence-corrected chi connectivity index (χ0v) is 12.3. The van der Waals surface area contributed by atoms with Gasteiger partial charge in [-0.05, 0) is 17.0 Å². The minimum atomic E-state index is -0.490. The molecule has 0 unspecified atom stereocenters. The van der Waals surface area contributed by atoms with Crippen LogP contribution in [0.2, 0.25) is 0 Å². The fraction of sp³-hybridized carbons (Fsp3) is 0.429. The number of amides is 1. The number of anilines is 1. The molecule has 0 aliphatic heterocycles. The molecule has 0 aliphatic rings. The summed E-state index contributed by atoms with van der Waals surface area (Å²) in [6.07, 6.45) is 0. The fourth-order valence-corrected chi connectivity index (χ4v) is 1.83. The molecule has 0 bridgehead atoms. The summed E-state index contributed by atoms with van der Waals surface area (Å²) in [5.41, 5.74) is 1.42. The smallest absolute Gasteiger partial charge is 0.339 e. The summed E-state index contributed by atoms with van der Waals surface area (Å²) in [6.45, 7) is 6.00. The number of hydrogen-bond acceptors (Lipinski definition) is 3. The Labute approximate surface area is 118 Å². The van der Waals surface area contributed by atoms with Crippen LogP contribution in [0.5, 0.6) is 0 Å². The lowest BCUT2D eigenvalue weighted by Crippen LogP contribution is -2.22. The van der Waals surface area contributed by atoms with Crippen LogP contribution in [0.1, 0.15) is 36.7 Å². The molecule has 0 aromatic heterocycles. The Kier molecular flexibility index (Phi) is 4.95. The Hall–Kier alpha value is -1.55. The van der Waals surface area contributed by atoms with Gasteiger partial charge in [0.05, 0.1) is 18.4 Å². The van der Waals surface area contributed by atoms with E-state index >= 15 is 0 Å². The molecule has 1 amide bonds. The molecule has 0 aliphatic carbocycles. The predicted molar refractivity (Wildman–Crippen MR) is 75.8 cm³/mol. The molecule has 19 heavy (non-hydrogen) atoms. The molecule has 1 aromatic carbocycles. The van der Waals surface area contributed by atoms with E-state index in [1.54, 1.807) is 12.1 Å². The van der Waals surface area contributed by atoms with Gasteiger partial charge in [-0.15, -0.1) is 11.6 Å². The monoisotopic (exact) mass is 283 g/mol. The first-order valence-electron chi connectivity index (χ1n) is 5.89. The van der Waals surface area contributed by atoms with Gasteiger partial charge < -0.3 is 10.1 Å². The van der Waals surface area contributed by atoms with E-state index in [-0.39, 0.29) is 17.2 Å². The third-order valence-corrected chi connectivity index (χ3v) is 2.91. The highest BCUT2D eigenvalue weighted by Crippen LogP contribution is 2.32. The molecule has 1 aromatic rings. The second kappa shape index (κ2) is 6.06. The van der Waals surface area contributed by atoms with Crippen molar-refractivity contribution < 1.29 is 14.3 Å². The van der Waals surface area contributed by atoms with E-state index in [0.29, 0.717) is 11.3 Å². The van der Waals surface area contributed by atoms with Gasteiger partial charge in [-0.2, -0.15) is 0 Å². The summed E-state index contributed by atoms with van der Waals surface area (Å²) in [7, 11) is 1.30. The second-order valence-corrected chi connectivity index (χ2v) is 5.42. The summed E-state index contributed by atoms with van der Waals surface area (Å²) in [6, 6.07) is 5.25. The largest absolute Gasteiger partial charge is 0.465 e. The number of carbonyl (C=O) groups excluding carboxylic acids is 2. The SMILES string of the molecule is COC(=O)c1cccc(C(C)(C)C)c1NC(=O)CCl. The highest BCUT2D eigenvalue weighted by atomic mass is 35.5. The average molecular weight is 284 g/mol. The van der Waals surface area contributed by atoms with Crippen molar-refractivity contribution in [1.82, 2.24) is 0 Å². The standard InChI is InChI=1S/C14H18ClNO3/c1-14(2,3)10-7-5-6-9(13(18)19-4)12(10)16-11(17)8-15/h5-7H,8H2,1-4H3,(H,16,17). The molecule has 0 saturated heterocycles. The first-order chi connectivity index (χ1) is 8.81. The van der Waals surface area contributed by atoms with E-state index in [0.717, 1.165) is 5.56 Å². The van der Waals surface area contributed by atoms with Crippen LogP contribution in [0.15, 0.2) is 18.2 Å². The summed E-state index contributed by atoms with van der Waals surface area (Å²) >= 11 is 5.51. The Morgan fingerprint density at radius 1 is 1.32 bits per heavy atom. The van der Waals surface area contributed by atoms with Crippen LogP contribution < -0.4 is 5.32 Å². The number of benzene rings is 1. The van der Waals surface area contributed by atoms with Gasteiger partial charge in [-0.3, -0.25) is 4.79 Å². The number of carbonyl (C=O) groups is 2. The van der Waals surface area contributed by atoms with Crippen LogP contribution in [0.25, 0.3) is 0 Å². The summed E-state index contributed by atoms with van der Waals surface area (Å²) in [5, 5.41) is 2.68. The molecule has 0 fully saturated rings. The Balaban J connectivity index is 3.40. The highest BCUT2D eigenvalue weighted by Gasteiger charge is 2.24. The van der Waals surface area contributed by atoms with E-state index in [9.17, 15) is 9.59 Å². The van der Waals surface area contributed by atoms with Crippen molar-refractivity contribution in [2.75, 3.05) is 18.3 Å². The molecular formula is C14H18ClNO3. The van der Waals surface area contributed by atoms with E-state index in [1.807, 2.05) is 26.8 Å². The molecule has 1 N–H and O–H groups in total. The third-order valence-electron chi connectivity index (χ3n) is 2.66. The number of para-hydroxylation sites is 1. The first kappa shape index (κ1) is 15.5. The van der Waals surface area contributed by atoms with Gasteiger partial charge in [-0.1, -0.05) is 32.9 Å². The number of esters is 1. The number of methoxy groups -OCH3 is 1. The van der Waals surface area contributed by atoms with Gasteiger partial charge in [0.15, 0.2) is 0 Å². The quantitative estimate of drug-likeness (QED) is 0.685. The maximum Gasteiger partial charge on any atom is 0.339 e. The number of ether oxygens (including phenoxy) is 1. The Morgan fingerprint density at radius 3 is 2.42 bits per heavy atom. The Bertz CT molecular complexity index is 492. The summed E-state index contributed by atoms with van der Waals surface area (Å²) in [5.74, 6) is -1.02. The van der Waals surface area contributed by atoms with Crippen molar-refractivity contribution in [2.24, 2.45) is 0 Å². The maximum atomic E-state index is 11.8. The molecule has 1 rings (SSSR count). The zero-order chi connectivity index (χ0) is 14.6. The molecular weight excluding hydrogens is 266 g/mol. The van der Waals surface area contributed by atoms with E-state index in [1.165, 1.54) is 7.11 Å². The molecule has 0 radical (unpaired) electrons. The molecule has 0 atom stereocenters. The lowest BCUT2D eigenvalue weighted by Gasteiger charge is -2.24. The maximum absolute atomic E-state index is 11.8. The van der Waals surface area contributed by atoms with Crippen LogP contribution in [0.4, 0.5) is 5.69 Å². The van der Waals surface area contributed by atoms with E-state index in [4.69, 9.17) is 16.3 Å². The second-order valence-electron chi connectivity index (χ2n) is 5.15. The fourth-order valence-electron chi connectivity index (χ4n) is 1.76. The minimum absolute atomic E-state index is 0.168. The number of halogens is 1. The van der Waals surface area contributed by atoms with Gasteiger partial charge in [0.2, 0.25) is 5.91 Å². The first-order valence-corrected chi connectivity index (χ1v) is 6.42. The third kappa shape index (κ3) is 3.70. The van der Waals surface area contributed by atoms with Gasteiger partial charge in [0, 0.05) is 0 Å². The summed E-state index contributed by atoms with van der Waals surface area (Å²) < 4.78 is 4.74. The molecule has 104 valence electrons. The van der Waals surface area contributed by atoms with Crippen molar-refractivity contribution in [2.45, 2.75) is 26.2 Å². The van der Waals surface area contributed by atoms with Gasteiger partial charge in [0.25, 0.3) is 0 Å². The number of alkyl halides is 1. The molecule has 0 saturated carbocycles. The van der Waals surface area contributed by atoms with Crippen LogP contribution in [-0.2, 0) is 14.9 Å². The van der Waals surface area contributed by atoms with Gasteiger partial charge in [-0.25, -0.2) is 4.79 Å². The predicted octanol–water partition coefficient (Wildman–Crippen LogP) is 2.95. The van der Waals surface area contributed by atoms with Crippen LogP contribution >= 0.6 is 11.6 Å². The topological polar surface area (TPSA) is 55.4 Å². The Morgan fingerprint density at radius 2 is 1.95 bits per heavy atom. The van der Waals surface area contributed by atoms with E-state index in [2.05, 4.69) is 5.32 Å². The van der Waals surface area contributed by atoms with Crippen LogP contribution in [-0.4, -0.2) is 24.9 Å². The van der Waals surface area contributed by atoms with Crippen LogP contribution in [0, 0.1) is 0 Å². The number of nitrogens with one attached hydrogen (secondary N) is 1. The zero-order valence-electron chi connectivity index (χ0n) is 11.5. The molecule has 4 nitrogen and oxygen atoms in total. The van der Waals surface area contributed by atoms with Gasteiger partial charge in [0.1, 0.15) is 5.88 Å². The number of hydrogen-bond donors (Lipinski definition) is 1. The number of rotatable bonds is 3.